The van der Waals surface area contributed by atoms with Crippen molar-refractivity contribution in [2.75, 3.05) is 0 Å². The minimum Gasteiger partial charge on any atom is -0.358 e. The van der Waals surface area contributed by atoms with Crippen molar-refractivity contribution in [3.63, 3.8) is 0 Å². The Hall–Kier alpha value is -2.72. The summed E-state index contributed by atoms with van der Waals surface area (Å²) in [5, 5.41) is 8.21. The lowest BCUT2D eigenvalue weighted by Crippen LogP contribution is -2.38. The first kappa shape index (κ1) is 15.2. The van der Waals surface area contributed by atoms with E-state index in [9.17, 15) is 4.79 Å². The van der Waals surface area contributed by atoms with Crippen LogP contribution in [0.15, 0.2) is 72.8 Å². The minimum atomic E-state index is -0.207. The topological polar surface area (TPSA) is 41.1 Å². The molecule has 0 heterocycles. The van der Waals surface area contributed by atoms with Crippen molar-refractivity contribution in [3.8, 4) is 0 Å². The van der Waals surface area contributed by atoms with E-state index in [1.54, 1.807) is 6.07 Å². The molecule has 2 N–H and O–H groups in total. The van der Waals surface area contributed by atoms with E-state index in [0.717, 1.165) is 16.3 Å². The van der Waals surface area contributed by atoms with Crippen molar-refractivity contribution in [2.24, 2.45) is 0 Å². The van der Waals surface area contributed by atoms with Crippen molar-refractivity contribution in [1.82, 2.24) is 10.6 Å². The van der Waals surface area contributed by atoms with Gasteiger partial charge in [-0.05, 0) is 40.7 Å². The number of nitrogens with one attached hydrogen (secondary N) is 2. The summed E-state index contributed by atoms with van der Waals surface area (Å²) < 4.78 is 0. The molecule has 0 saturated heterocycles. The van der Waals surface area contributed by atoms with Gasteiger partial charge in [-0.1, -0.05) is 60.7 Å². The van der Waals surface area contributed by atoms with Gasteiger partial charge in [0.05, 0.1) is 0 Å². The highest BCUT2D eigenvalue weighted by molar-refractivity contribution is 7.80. The number of hydrogen-bond acceptors (Lipinski definition) is 2. The van der Waals surface area contributed by atoms with Gasteiger partial charge in [-0.3, -0.25) is 10.1 Å². The average Bonchev–Trinajstić information content (AvgIpc) is 2.60. The van der Waals surface area contributed by atoms with Crippen LogP contribution in [0.25, 0.3) is 10.8 Å². The van der Waals surface area contributed by atoms with Gasteiger partial charge in [0.15, 0.2) is 5.11 Å². The number of fused-ring (bicyclic) bond motifs is 1. The van der Waals surface area contributed by atoms with E-state index in [1.165, 1.54) is 0 Å². The number of amides is 1. The number of hydrogen-bond donors (Lipinski definition) is 2. The number of thiocarbonyl (C=S) groups is 1. The first-order valence-electron chi connectivity index (χ1n) is 7.34. The van der Waals surface area contributed by atoms with E-state index in [-0.39, 0.29) is 5.91 Å². The number of rotatable bonds is 3. The summed E-state index contributed by atoms with van der Waals surface area (Å²) in [4.78, 5) is 12.3. The molecule has 0 fully saturated rings. The van der Waals surface area contributed by atoms with Crippen molar-refractivity contribution < 1.29 is 4.79 Å². The maximum absolute atomic E-state index is 12.3. The lowest BCUT2D eigenvalue weighted by Gasteiger charge is -2.10. The predicted octanol–water partition coefficient (Wildman–Crippen LogP) is 3.64. The van der Waals surface area contributed by atoms with E-state index in [4.69, 9.17) is 12.2 Å². The third kappa shape index (κ3) is 3.93. The molecule has 0 bridgehead atoms. The maximum Gasteiger partial charge on any atom is 0.257 e. The Bertz CT molecular complexity index is 846. The molecule has 0 unspecified atom stereocenters. The summed E-state index contributed by atoms with van der Waals surface area (Å²) in [6.07, 6.45) is 0. The van der Waals surface area contributed by atoms with E-state index < -0.39 is 0 Å². The van der Waals surface area contributed by atoms with Gasteiger partial charge >= 0.3 is 0 Å². The van der Waals surface area contributed by atoms with Crippen LogP contribution in [0.5, 0.6) is 0 Å². The van der Waals surface area contributed by atoms with Gasteiger partial charge in [0, 0.05) is 12.1 Å². The molecule has 0 aliphatic carbocycles. The molecule has 0 radical (unpaired) electrons. The second-order valence-electron chi connectivity index (χ2n) is 5.18. The summed E-state index contributed by atoms with van der Waals surface area (Å²) >= 11 is 5.18. The standard InChI is InChI=1S/C19H16N2OS/c22-18(17-11-10-15-8-4-5-9-16(15)12-17)21-19(23)20-13-14-6-2-1-3-7-14/h1-12H,13H2,(H2,20,21,22,23). The molecule has 114 valence electrons. The van der Waals surface area contributed by atoms with Crippen LogP contribution >= 0.6 is 12.2 Å². The molecule has 23 heavy (non-hydrogen) atoms. The summed E-state index contributed by atoms with van der Waals surface area (Å²) in [5.74, 6) is -0.207. The smallest absolute Gasteiger partial charge is 0.257 e. The lowest BCUT2D eigenvalue weighted by molar-refractivity contribution is 0.0977. The predicted molar refractivity (Wildman–Crippen MR) is 97.3 cm³/mol. The fourth-order valence-corrected chi connectivity index (χ4v) is 2.49. The zero-order valence-corrected chi connectivity index (χ0v) is 13.3. The molecule has 3 nitrogen and oxygen atoms in total. The minimum absolute atomic E-state index is 0.207. The highest BCUT2D eigenvalue weighted by Gasteiger charge is 2.08. The van der Waals surface area contributed by atoms with Crippen molar-refractivity contribution >= 4 is 34.0 Å². The molecular formula is C19H16N2OS. The van der Waals surface area contributed by atoms with E-state index in [2.05, 4.69) is 10.6 Å². The summed E-state index contributed by atoms with van der Waals surface area (Å²) in [7, 11) is 0. The summed E-state index contributed by atoms with van der Waals surface area (Å²) in [6.45, 7) is 0.581. The number of carbonyl (C=O) groups is 1. The number of carbonyl (C=O) groups excluding carboxylic acids is 1. The van der Waals surface area contributed by atoms with E-state index >= 15 is 0 Å². The van der Waals surface area contributed by atoms with Crippen LogP contribution in [0.4, 0.5) is 0 Å². The van der Waals surface area contributed by atoms with Gasteiger partial charge in [-0.15, -0.1) is 0 Å². The van der Waals surface area contributed by atoms with Crippen LogP contribution in [0, 0.1) is 0 Å². The molecule has 3 aromatic carbocycles. The fraction of sp³-hybridized carbons (Fsp3) is 0.0526. The van der Waals surface area contributed by atoms with Gasteiger partial charge in [-0.2, -0.15) is 0 Å². The molecule has 3 aromatic rings. The Morgan fingerprint density at radius 3 is 2.35 bits per heavy atom. The van der Waals surface area contributed by atoms with Crippen LogP contribution in [0.2, 0.25) is 0 Å². The monoisotopic (exact) mass is 320 g/mol. The van der Waals surface area contributed by atoms with Crippen LogP contribution in [0.3, 0.4) is 0 Å². The Morgan fingerprint density at radius 2 is 1.57 bits per heavy atom. The summed E-state index contributed by atoms with van der Waals surface area (Å²) in [5.41, 5.74) is 1.70. The molecule has 0 spiro atoms. The Morgan fingerprint density at radius 1 is 0.870 bits per heavy atom. The van der Waals surface area contributed by atoms with Gasteiger partial charge < -0.3 is 5.32 Å². The average molecular weight is 320 g/mol. The molecule has 0 aromatic heterocycles. The second kappa shape index (κ2) is 7.03. The number of benzene rings is 3. The molecule has 0 aliphatic heterocycles. The second-order valence-corrected chi connectivity index (χ2v) is 5.59. The van der Waals surface area contributed by atoms with Crippen molar-refractivity contribution in [1.29, 1.82) is 0 Å². The maximum atomic E-state index is 12.3. The SMILES string of the molecule is O=C(NC(=S)NCc1ccccc1)c1ccc2ccccc2c1. The molecule has 1 amide bonds. The molecule has 0 aliphatic rings. The molecule has 4 heteroatoms. The Balaban J connectivity index is 1.62. The summed E-state index contributed by atoms with van der Waals surface area (Å²) in [6, 6.07) is 23.4. The van der Waals surface area contributed by atoms with Crippen molar-refractivity contribution in [3.05, 3.63) is 83.9 Å². The van der Waals surface area contributed by atoms with Gasteiger partial charge in [-0.25, -0.2) is 0 Å². The first-order valence-corrected chi connectivity index (χ1v) is 7.75. The quantitative estimate of drug-likeness (QED) is 0.724. The van der Waals surface area contributed by atoms with Crippen LogP contribution in [-0.4, -0.2) is 11.0 Å². The normalized spacial score (nSPS) is 10.3. The third-order valence-electron chi connectivity index (χ3n) is 3.53. The highest BCUT2D eigenvalue weighted by atomic mass is 32.1. The Kier molecular flexibility index (Phi) is 4.64. The lowest BCUT2D eigenvalue weighted by atomic mass is 10.1. The van der Waals surface area contributed by atoms with Gasteiger partial charge in [0.1, 0.15) is 0 Å². The fourth-order valence-electron chi connectivity index (χ4n) is 2.33. The van der Waals surface area contributed by atoms with Gasteiger partial charge in [0.2, 0.25) is 0 Å². The van der Waals surface area contributed by atoms with E-state index in [0.29, 0.717) is 17.2 Å². The van der Waals surface area contributed by atoms with Crippen LogP contribution in [0.1, 0.15) is 15.9 Å². The van der Waals surface area contributed by atoms with Crippen LogP contribution < -0.4 is 10.6 Å². The van der Waals surface area contributed by atoms with E-state index in [1.807, 2.05) is 66.7 Å². The molecular weight excluding hydrogens is 304 g/mol. The zero-order valence-electron chi connectivity index (χ0n) is 12.5. The van der Waals surface area contributed by atoms with Crippen LogP contribution in [-0.2, 0) is 6.54 Å². The molecule has 0 saturated carbocycles. The molecule has 0 atom stereocenters. The zero-order chi connectivity index (χ0) is 16.1. The first-order chi connectivity index (χ1) is 11.2. The third-order valence-corrected chi connectivity index (χ3v) is 3.78. The van der Waals surface area contributed by atoms with Gasteiger partial charge in [0.25, 0.3) is 5.91 Å². The Labute approximate surface area is 140 Å². The van der Waals surface area contributed by atoms with Crippen molar-refractivity contribution in [2.45, 2.75) is 6.54 Å². The highest BCUT2D eigenvalue weighted by Crippen LogP contribution is 2.15. The largest absolute Gasteiger partial charge is 0.358 e. The molecule has 3 rings (SSSR count).